The Labute approximate surface area is 104 Å². The first kappa shape index (κ1) is 11.9. The smallest absolute Gasteiger partial charge is 0.0188 e. The molecule has 0 aliphatic carbocycles. The Morgan fingerprint density at radius 1 is 0.882 bits per heavy atom. The molecule has 0 amide bonds. The molecule has 17 heavy (non-hydrogen) atoms. The van der Waals surface area contributed by atoms with Gasteiger partial charge < -0.3 is 0 Å². The van der Waals surface area contributed by atoms with Crippen LogP contribution < -0.4 is 0 Å². The first-order chi connectivity index (χ1) is 8.36. The van der Waals surface area contributed by atoms with Gasteiger partial charge in [0.05, 0.1) is 0 Å². The predicted molar refractivity (Wildman–Crippen MR) is 73.9 cm³/mol. The average molecular weight is 223 g/mol. The summed E-state index contributed by atoms with van der Waals surface area (Å²) in [6, 6.07) is 21.4. The fourth-order valence-electron chi connectivity index (χ4n) is 2.03. The zero-order valence-electron chi connectivity index (χ0n) is 10.3. The molecule has 0 saturated carbocycles. The highest BCUT2D eigenvalue weighted by molar-refractivity contribution is 5.20. The topological polar surface area (TPSA) is 0 Å². The minimum absolute atomic E-state index is 0.611. The van der Waals surface area contributed by atoms with Crippen molar-refractivity contribution in [3.63, 3.8) is 0 Å². The van der Waals surface area contributed by atoms with Gasteiger partial charge in [0.2, 0.25) is 0 Å². The lowest BCUT2D eigenvalue weighted by molar-refractivity contribution is 0.731. The third-order valence-corrected chi connectivity index (χ3v) is 3.11. The van der Waals surface area contributed by atoms with Gasteiger partial charge >= 0.3 is 0 Å². The Hall–Kier alpha value is -1.56. The molecule has 0 fully saturated rings. The second-order valence-electron chi connectivity index (χ2n) is 4.53. The van der Waals surface area contributed by atoms with Crippen molar-refractivity contribution < 1.29 is 0 Å². The Kier molecular flexibility index (Phi) is 4.37. The van der Waals surface area contributed by atoms with Gasteiger partial charge in [0, 0.05) is 0 Å². The molecule has 0 N–H and O–H groups in total. The summed E-state index contributed by atoms with van der Waals surface area (Å²) in [5.74, 6) is 0.611. The van der Waals surface area contributed by atoms with Crippen LogP contribution in [0.5, 0.6) is 0 Å². The van der Waals surface area contributed by atoms with E-state index in [1.54, 1.807) is 0 Å². The lowest BCUT2D eigenvalue weighted by Gasteiger charge is -2.11. The van der Waals surface area contributed by atoms with Gasteiger partial charge in [0.15, 0.2) is 0 Å². The van der Waals surface area contributed by atoms with E-state index in [0.29, 0.717) is 5.92 Å². The van der Waals surface area contributed by atoms with Crippen molar-refractivity contribution in [2.45, 2.75) is 25.7 Å². The first-order valence-electron chi connectivity index (χ1n) is 6.27. The number of rotatable bonds is 5. The van der Waals surface area contributed by atoms with Gasteiger partial charge in [-0.05, 0) is 36.3 Å². The molecule has 87 valence electrons. The van der Waals surface area contributed by atoms with E-state index in [1.807, 2.05) is 0 Å². The van der Waals surface area contributed by atoms with E-state index in [1.165, 1.54) is 11.1 Å². The largest absolute Gasteiger partial charge is 0.0622 e. The molecule has 0 heteroatoms. The maximum atomic E-state index is 2.38. The van der Waals surface area contributed by atoms with Gasteiger partial charge in [0.25, 0.3) is 0 Å². The monoisotopic (exact) mass is 223 g/mol. The number of hydrogen-bond donors (Lipinski definition) is 0. The fourth-order valence-corrected chi connectivity index (χ4v) is 2.03. The average Bonchev–Trinajstić information content (AvgIpc) is 2.41. The molecule has 0 spiro atoms. The molecule has 2 aromatic rings. The van der Waals surface area contributed by atoms with Crippen LogP contribution >= 0.6 is 0 Å². The highest BCUT2D eigenvalue weighted by atomic mass is 14.1. The van der Waals surface area contributed by atoms with Gasteiger partial charge in [0.1, 0.15) is 0 Å². The molecule has 0 aromatic heterocycles. The first-order valence-corrected chi connectivity index (χ1v) is 6.27. The maximum absolute atomic E-state index is 2.38. The standard InChI is InChI=1S/C17H19/c1-15(17-13-6-3-7-14-17)9-8-12-16-10-4-2-5-11-16/h2-8,10-11,13-15H,9,12H2,1H3. The van der Waals surface area contributed by atoms with Gasteiger partial charge in [-0.2, -0.15) is 0 Å². The van der Waals surface area contributed by atoms with Crippen molar-refractivity contribution in [1.82, 2.24) is 0 Å². The van der Waals surface area contributed by atoms with Crippen LogP contribution in [0.3, 0.4) is 0 Å². The minimum atomic E-state index is 0.611. The van der Waals surface area contributed by atoms with Crippen LogP contribution in [0.25, 0.3) is 0 Å². The van der Waals surface area contributed by atoms with E-state index >= 15 is 0 Å². The van der Waals surface area contributed by atoms with E-state index < -0.39 is 0 Å². The molecular weight excluding hydrogens is 204 g/mol. The molecule has 1 radical (unpaired) electrons. The summed E-state index contributed by atoms with van der Waals surface area (Å²) >= 11 is 0. The molecule has 1 atom stereocenters. The fraction of sp³-hybridized carbons (Fsp3) is 0.235. The zero-order valence-corrected chi connectivity index (χ0v) is 10.3. The summed E-state index contributed by atoms with van der Waals surface area (Å²) in [5.41, 5.74) is 2.82. The maximum Gasteiger partial charge on any atom is -0.0188 e. The van der Waals surface area contributed by atoms with Gasteiger partial charge in [-0.15, -0.1) is 0 Å². The molecule has 0 aliphatic heterocycles. The molecule has 0 heterocycles. The van der Waals surface area contributed by atoms with Crippen molar-refractivity contribution in [3.05, 3.63) is 78.2 Å². The Bertz CT molecular complexity index is 416. The quantitative estimate of drug-likeness (QED) is 0.693. The predicted octanol–water partition coefficient (Wildman–Crippen LogP) is 4.63. The summed E-state index contributed by atoms with van der Waals surface area (Å²) in [4.78, 5) is 0. The van der Waals surface area contributed by atoms with Crippen LogP contribution in [0.4, 0.5) is 0 Å². The van der Waals surface area contributed by atoms with Crippen molar-refractivity contribution in [2.75, 3.05) is 0 Å². The van der Waals surface area contributed by atoms with Crippen molar-refractivity contribution in [1.29, 1.82) is 0 Å². The summed E-state index contributed by atoms with van der Waals surface area (Å²) < 4.78 is 0. The molecule has 0 bridgehead atoms. The SMILES string of the molecule is CC(C[CH]Cc1ccccc1)c1ccccc1. The highest BCUT2D eigenvalue weighted by Gasteiger charge is 2.04. The van der Waals surface area contributed by atoms with E-state index in [-0.39, 0.29) is 0 Å². The van der Waals surface area contributed by atoms with Crippen LogP contribution in [-0.2, 0) is 6.42 Å². The molecule has 0 saturated heterocycles. The molecule has 2 rings (SSSR count). The summed E-state index contributed by atoms with van der Waals surface area (Å²) in [5, 5.41) is 0. The summed E-state index contributed by atoms with van der Waals surface area (Å²) in [7, 11) is 0. The van der Waals surface area contributed by atoms with Crippen molar-refractivity contribution >= 4 is 0 Å². The number of benzene rings is 2. The third kappa shape index (κ3) is 3.74. The minimum Gasteiger partial charge on any atom is -0.0622 e. The van der Waals surface area contributed by atoms with E-state index in [0.717, 1.165) is 12.8 Å². The van der Waals surface area contributed by atoms with Gasteiger partial charge in [-0.3, -0.25) is 0 Å². The normalized spacial score (nSPS) is 12.3. The Morgan fingerprint density at radius 3 is 2.12 bits per heavy atom. The summed E-state index contributed by atoms with van der Waals surface area (Å²) in [6.07, 6.45) is 4.59. The van der Waals surface area contributed by atoms with E-state index in [4.69, 9.17) is 0 Å². The van der Waals surface area contributed by atoms with E-state index in [9.17, 15) is 0 Å². The lowest BCUT2D eigenvalue weighted by Crippen LogP contribution is -1.95. The number of hydrogen-bond acceptors (Lipinski definition) is 0. The molecule has 0 aliphatic rings. The van der Waals surface area contributed by atoms with Crippen LogP contribution in [0.15, 0.2) is 60.7 Å². The van der Waals surface area contributed by atoms with E-state index in [2.05, 4.69) is 74.0 Å². The third-order valence-electron chi connectivity index (χ3n) is 3.11. The van der Waals surface area contributed by atoms with Crippen molar-refractivity contribution in [3.8, 4) is 0 Å². The molecule has 0 nitrogen and oxygen atoms in total. The Morgan fingerprint density at radius 2 is 1.47 bits per heavy atom. The Balaban J connectivity index is 1.79. The van der Waals surface area contributed by atoms with Crippen molar-refractivity contribution in [2.24, 2.45) is 0 Å². The molecular formula is C17H19. The van der Waals surface area contributed by atoms with Gasteiger partial charge in [-0.1, -0.05) is 67.6 Å². The van der Waals surface area contributed by atoms with Crippen LogP contribution in [0.1, 0.15) is 30.4 Å². The molecule has 2 aromatic carbocycles. The second-order valence-corrected chi connectivity index (χ2v) is 4.53. The molecule has 1 unspecified atom stereocenters. The van der Waals surface area contributed by atoms with Crippen LogP contribution in [0, 0.1) is 6.42 Å². The van der Waals surface area contributed by atoms with Crippen LogP contribution in [-0.4, -0.2) is 0 Å². The van der Waals surface area contributed by atoms with Crippen LogP contribution in [0.2, 0.25) is 0 Å². The highest BCUT2D eigenvalue weighted by Crippen LogP contribution is 2.20. The second kappa shape index (κ2) is 6.24. The zero-order chi connectivity index (χ0) is 11.9. The lowest BCUT2D eigenvalue weighted by atomic mass is 9.94. The summed E-state index contributed by atoms with van der Waals surface area (Å²) in [6.45, 7) is 2.29. The van der Waals surface area contributed by atoms with Gasteiger partial charge in [-0.25, -0.2) is 0 Å².